The molecule has 3 nitrogen and oxygen atoms in total. The van der Waals surface area contributed by atoms with Gasteiger partial charge in [-0.15, -0.1) is 0 Å². The maximum Gasteiger partial charge on any atom is 0.246 e. The molecule has 3 aliphatic carbocycles. The van der Waals surface area contributed by atoms with Crippen LogP contribution in [0.2, 0.25) is 10.0 Å². The third kappa shape index (κ3) is 2.99. The van der Waals surface area contributed by atoms with E-state index in [1.54, 1.807) is 24.3 Å². The summed E-state index contributed by atoms with van der Waals surface area (Å²) in [5.74, 6) is 1.94. The average molecular weight is 460 g/mol. The number of nitrogens with zero attached hydrogens (tertiary/aromatic N) is 1. The fourth-order valence-corrected chi connectivity index (χ4v) is 8.66. The number of benzene rings is 1. The first-order valence-electron chi connectivity index (χ1n) is 11.6. The van der Waals surface area contributed by atoms with E-state index >= 15 is 0 Å². The second kappa shape index (κ2) is 7.35. The Kier molecular flexibility index (Phi) is 5.10. The number of amides is 1. The van der Waals surface area contributed by atoms with Crippen molar-refractivity contribution in [1.29, 1.82) is 0 Å². The van der Waals surface area contributed by atoms with Gasteiger partial charge in [0.1, 0.15) is 0 Å². The number of hydrogen-bond acceptors (Lipinski definition) is 2. The van der Waals surface area contributed by atoms with Crippen LogP contribution in [0.15, 0.2) is 30.4 Å². The molecule has 0 bridgehead atoms. The Morgan fingerprint density at radius 2 is 1.74 bits per heavy atom. The largest absolute Gasteiger partial charge is 0.338 e. The van der Waals surface area contributed by atoms with E-state index in [0.29, 0.717) is 33.4 Å². The third-order valence-electron chi connectivity index (χ3n) is 9.65. The zero-order chi connectivity index (χ0) is 22.1. The summed E-state index contributed by atoms with van der Waals surface area (Å²) in [6.45, 7) is 4.70. The van der Waals surface area contributed by atoms with Gasteiger partial charge in [-0.3, -0.25) is 9.59 Å². The summed E-state index contributed by atoms with van der Waals surface area (Å²) in [6, 6.07) is 5.62. The van der Waals surface area contributed by atoms with Gasteiger partial charge in [0, 0.05) is 24.4 Å². The number of Topliss-reactive ketones (excluding diaryl/α,β-unsaturated/α-hetero) is 1. The Balaban J connectivity index is 1.46. The van der Waals surface area contributed by atoms with Crippen molar-refractivity contribution >= 4 is 34.9 Å². The van der Waals surface area contributed by atoms with E-state index in [2.05, 4.69) is 19.9 Å². The molecule has 31 heavy (non-hydrogen) atoms. The van der Waals surface area contributed by atoms with Gasteiger partial charge in [-0.25, -0.2) is 0 Å². The van der Waals surface area contributed by atoms with Crippen LogP contribution in [0.5, 0.6) is 0 Å². The first-order chi connectivity index (χ1) is 14.7. The lowest BCUT2D eigenvalue weighted by Gasteiger charge is -2.60. The maximum absolute atomic E-state index is 13.7. The molecule has 0 spiro atoms. The van der Waals surface area contributed by atoms with Crippen LogP contribution in [-0.2, 0) is 4.79 Å². The first-order valence-corrected chi connectivity index (χ1v) is 12.4. The highest BCUT2D eigenvalue weighted by molar-refractivity contribution is 6.40. The Morgan fingerprint density at radius 3 is 2.45 bits per heavy atom. The summed E-state index contributed by atoms with van der Waals surface area (Å²) >= 11 is 12.8. The molecular weight excluding hydrogens is 429 g/mol. The average Bonchev–Trinajstić information content (AvgIpc) is 3.08. The highest BCUT2D eigenvalue weighted by atomic mass is 35.5. The Hall–Kier alpha value is -1.32. The normalized spacial score (nSPS) is 41.5. The summed E-state index contributed by atoms with van der Waals surface area (Å²) < 4.78 is 0. The Bertz CT molecular complexity index is 954. The van der Waals surface area contributed by atoms with Crippen LogP contribution in [0.1, 0.15) is 62.7 Å². The van der Waals surface area contributed by atoms with Crippen LogP contribution >= 0.6 is 23.2 Å². The molecule has 5 rings (SSSR count). The van der Waals surface area contributed by atoms with Gasteiger partial charge in [-0.2, -0.15) is 0 Å². The van der Waals surface area contributed by atoms with Gasteiger partial charge in [-0.1, -0.05) is 49.2 Å². The van der Waals surface area contributed by atoms with E-state index in [1.165, 1.54) is 0 Å². The van der Waals surface area contributed by atoms with E-state index < -0.39 is 0 Å². The van der Waals surface area contributed by atoms with Gasteiger partial charge in [0.05, 0.1) is 15.6 Å². The smallest absolute Gasteiger partial charge is 0.246 e. The van der Waals surface area contributed by atoms with Crippen molar-refractivity contribution in [2.24, 2.45) is 34.5 Å². The molecule has 0 N–H and O–H groups in total. The molecule has 5 heteroatoms. The highest BCUT2D eigenvalue weighted by Gasteiger charge is 2.61. The second-order valence-electron chi connectivity index (χ2n) is 10.8. The monoisotopic (exact) mass is 459 g/mol. The fourth-order valence-electron chi connectivity index (χ4n) is 8.08. The second-order valence-corrected chi connectivity index (χ2v) is 11.6. The van der Waals surface area contributed by atoms with Crippen LogP contribution in [-0.4, -0.2) is 29.7 Å². The van der Waals surface area contributed by atoms with E-state index in [0.717, 1.165) is 38.5 Å². The minimum absolute atomic E-state index is 0.00987. The molecule has 0 aromatic heterocycles. The predicted octanol–water partition coefficient (Wildman–Crippen LogP) is 6.43. The van der Waals surface area contributed by atoms with E-state index in [4.69, 9.17) is 23.2 Å². The fraction of sp³-hybridized carbons (Fsp3) is 0.615. The molecule has 0 saturated heterocycles. The van der Waals surface area contributed by atoms with Crippen molar-refractivity contribution in [3.63, 3.8) is 0 Å². The van der Waals surface area contributed by atoms with Crippen molar-refractivity contribution in [3.05, 3.63) is 46.0 Å². The lowest BCUT2D eigenvalue weighted by Crippen LogP contribution is -2.59. The number of carbonyl (C=O) groups excluding carboxylic acids is 2. The van der Waals surface area contributed by atoms with Crippen LogP contribution in [0.4, 0.5) is 0 Å². The molecule has 1 heterocycles. The van der Waals surface area contributed by atoms with Crippen LogP contribution in [0.3, 0.4) is 0 Å². The molecular formula is C26H31Cl2NO2. The third-order valence-corrected chi connectivity index (χ3v) is 10.3. The van der Waals surface area contributed by atoms with Crippen LogP contribution in [0.25, 0.3) is 0 Å². The van der Waals surface area contributed by atoms with Gasteiger partial charge >= 0.3 is 0 Å². The predicted molar refractivity (Wildman–Crippen MR) is 124 cm³/mol. The number of rotatable bonds is 2. The molecule has 2 unspecified atom stereocenters. The summed E-state index contributed by atoms with van der Waals surface area (Å²) in [4.78, 5) is 27.9. The molecule has 1 amide bonds. The molecule has 1 aromatic carbocycles. The number of carbonyl (C=O) groups is 2. The zero-order valence-electron chi connectivity index (χ0n) is 18.5. The Labute approximate surface area is 195 Å². The lowest BCUT2D eigenvalue weighted by atomic mass is 9.47. The molecule has 0 radical (unpaired) electrons. The molecule has 166 valence electrons. The molecule has 3 fully saturated rings. The summed E-state index contributed by atoms with van der Waals surface area (Å²) in [5.41, 5.74) is 0.524. The van der Waals surface area contributed by atoms with Gasteiger partial charge in [0.25, 0.3) is 0 Å². The molecule has 7 atom stereocenters. The maximum atomic E-state index is 13.7. The van der Waals surface area contributed by atoms with Crippen molar-refractivity contribution in [1.82, 2.24) is 4.90 Å². The van der Waals surface area contributed by atoms with Gasteiger partial charge in [0.2, 0.25) is 5.91 Å². The minimum atomic E-state index is -0.0208. The quantitative estimate of drug-likeness (QED) is 0.477. The number of likely N-dealkylation sites (N-methyl/N-ethyl adjacent to an activating group) is 1. The molecule has 4 aliphatic rings. The molecule has 1 aromatic rings. The van der Waals surface area contributed by atoms with Gasteiger partial charge < -0.3 is 4.90 Å². The van der Waals surface area contributed by atoms with Gasteiger partial charge in [0.15, 0.2) is 5.78 Å². The number of halogens is 2. The molecule has 3 saturated carbocycles. The van der Waals surface area contributed by atoms with Crippen molar-refractivity contribution < 1.29 is 9.59 Å². The lowest BCUT2D eigenvalue weighted by molar-refractivity contribution is -0.138. The minimum Gasteiger partial charge on any atom is -0.338 e. The molecule has 1 aliphatic heterocycles. The zero-order valence-corrected chi connectivity index (χ0v) is 20.0. The SMILES string of the molecule is CN1C(=O)C=C[C@@]2(C)C1CC[C@@H]1[C@H]2CC[C@]2(C)C(C(=O)c3c(Cl)cccc3Cl)CC[C@@H]12. The first kappa shape index (κ1) is 21.5. The number of hydrogen-bond donors (Lipinski definition) is 0. The number of fused-ring (bicyclic) bond motifs is 5. The van der Waals surface area contributed by atoms with E-state index in [9.17, 15) is 9.59 Å². The van der Waals surface area contributed by atoms with E-state index in [-0.39, 0.29) is 34.5 Å². The van der Waals surface area contributed by atoms with Crippen LogP contribution < -0.4 is 0 Å². The Morgan fingerprint density at radius 1 is 1.03 bits per heavy atom. The summed E-state index contributed by atoms with van der Waals surface area (Å²) in [6.07, 6.45) is 10.3. The summed E-state index contributed by atoms with van der Waals surface area (Å²) in [7, 11) is 1.96. The van der Waals surface area contributed by atoms with Crippen molar-refractivity contribution in [3.8, 4) is 0 Å². The van der Waals surface area contributed by atoms with Crippen molar-refractivity contribution in [2.45, 2.75) is 58.4 Å². The van der Waals surface area contributed by atoms with E-state index in [1.807, 2.05) is 11.9 Å². The highest BCUT2D eigenvalue weighted by Crippen LogP contribution is 2.66. The summed E-state index contributed by atoms with van der Waals surface area (Å²) in [5, 5.41) is 0.928. The topological polar surface area (TPSA) is 37.4 Å². The number of ketones is 1. The van der Waals surface area contributed by atoms with Gasteiger partial charge in [-0.05, 0) is 79.9 Å². The van der Waals surface area contributed by atoms with Crippen molar-refractivity contribution in [2.75, 3.05) is 7.05 Å². The standard InChI is InChI=1S/C26H31Cl2NO2/c1-25-13-11-17-15(7-10-21-26(17,2)14-12-22(30)29(21)3)16(25)8-9-18(25)24(31)23-19(27)5-4-6-20(23)28/h4-6,12,14-18,21H,7-11,13H2,1-3H3/t15-,16-,17+,18?,21?,25-,26+/m0/s1. The van der Waals surface area contributed by atoms with Crippen LogP contribution in [0, 0.1) is 34.5 Å².